The zero-order valence-electron chi connectivity index (χ0n) is 39.6. The van der Waals surface area contributed by atoms with E-state index >= 15 is 0 Å². The van der Waals surface area contributed by atoms with E-state index in [1.807, 2.05) is 47.7 Å². The van der Waals surface area contributed by atoms with Crippen LogP contribution >= 0.6 is 11.3 Å². The van der Waals surface area contributed by atoms with Crippen LogP contribution in [-0.4, -0.2) is 15.0 Å². The number of furan rings is 1. The predicted octanol–water partition coefficient (Wildman–Crippen LogP) is 17.5. The second-order valence-corrected chi connectivity index (χ2v) is 19.8. The zero-order valence-corrected chi connectivity index (χ0v) is 40.4. The first-order valence-electron chi connectivity index (χ1n) is 24.5. The van der Waals surface area contributed by atoms with Gasteiger partial charge in [-0.1, -0.05) is 159 Å². The van der Waals surface area contributed by atoms with Crippen LogP contribution in [0.5, 0.6) is 0 Å². The molecule has 0 saturated carbocycles. The Kier molecular flexibility index (Phi) is 9.81. The molecule has 0 aliphatic rings. The van der Waals surface area contributed by atoms with Crippen LogP contribution in [0.4, 0.5) is 11.4 Å². The van der Waals surface area contributed by atoms with Gasteiger partial charge in [0.2, 0.25) is 0 Å². The number of nitrogens with two attached hydrogens (primary N) is 1. The zero-order chi connectivity index (χ0) is 48.7. The lowest BCUT2D eigenvalue weighted by molar-refractivity contribution is 0.669. The fourth-order valence-electron chi connectivity index (χ4n) is 11.0. The number of amidine groups is 1. The first kappa shape index (κ1) is 42.4. The number of aliphatic imine (C=N–C) groups is 1. The third kappa shape index (κ3) is 6.89. The molecule has 0 fully saturated rings. The second kappa shape index (κ2) is 16.9. The summed E-state index contributed by atoms with van der Waals surface area (Å²) in [5.41, 5.74) is 21.8. The monoisotopic (exact) mass is 955 g/mol. The van der Waals surface area contributed by atoms with Gasteiger partial charge in [0.1, 0.15) is 17.0 Å². The lowest BCUT2D eigenvalue weighted by atomic mass is 9.97. The van der Waals surface area contributed by atoms with Gasteiger partial charge in [-0.3, -0.25) is 0 Å². The van der Waals surface area contributed by atoms with Crippen LogP contribution in [0, 0.1) is 0 Å². The molecular weight excluding hydrogens is 911 g/mol. The molecule has 10 aromatic carbocycles. The summed E-state index contributed by atoms with van der Waals surface area (Å²) >= 11 is 1.84. The maximum atomic E-state index is 7.39. The standard InChI is InChI=1S/C66H45N5OS/c1-3-40(2)64(69-66(43-27-25-42(26-28-43)41-15-5-4-6-16-41)68-45-30-35-60-52(38-45)48-18-9-13-23-59(48)72-60)44-29-33-57(54(67)37-44)71-55-21-11-7-17-47(55)50-32-34-58-63(65(50)71)51-20-8-12-22-56(51)70(58)46-31-36-62-53(39-46)49-19-10-14-24-61(49)73-62/h3-39,64H,1-2,67H2,(H,68,69). The number of benzene rings is 10. The molecule has 4 heterocycles. The first-order chi connectivity index (χ1) is 36.0. The van der Waals surface area contributed by atoms with Gasteiger partial charge in [-0.05, 0) is 101 Å². The highest BCUT2D eigenvalue weighted by Gasteiger charge is 2.24. The van der Waals surface area contributed by atoms with Crippen molar-refractivity contribution in [3.63, 3.8) is 0 Å². The lowest BCUT2D eigenvalue weighted by Gasteiger charge is -2.24. The number of anilines is 1. The summed E-state index contributed by atoms with van der Waals surface area (Å²) in [6.45, 7) is 8.73. The van der Waals surface area contributed by atoms with E-state index in [1.165, 1.54) is 30.9 Å². The van der Waals surface area contributed by atoms with Gasteiger partial charge in [-0.15, -0.1) is 11.3 Å². The van der Waals surface area contributed by atoms with E-state index in [9.17, 15) is 0 Å². The molecule has 0 bridgehead atoms. The van der Waals surface area contributed by atoms with Crippen LogP contribution in [0.2, 0.25) is 0 Å². The van der Waals surface area contributed by atoms with Crippen molar-refractivity contribution in [3.8, 4) is 22.5 Å². The molecule has 0 radical (unpaired) electrons. The largest absolute Gasteiger partial charge is 0.456 e. The van der Waals surface area contributed by atoms with Crippen molar-refractivity contribution < 1.29 is 4.42 Å². The molecule has 0 aliphatic heterocycles. The Bertz CT molecular complexity index is 4590. The Balaban J connectivity index is 0.916. The van der Waals surface area contributed by atoms with Gasteiger partial charge in [-0.2, -0.15) is 0 Å². The highest BCUT2D eigenvalue weighted by atomic mass is 32.1. The SMILES string of the molecule is C=CC(=C)C(NC(=Nc1ccc2oc3ccccc3c2c1)c1ccc(-c2ccccc2)cc1)c1ccc(-n2c3ccccc3c3ccc4c(c5ccccc5n4-c4ccc5sc6ccccc6c5c4)c32)c(N)c1. The minimum absolute atomic E-state index is 0.430. The van der Waals surface area contributed by atoms with Crippen LogP contribution < -0.4 is 11.1 Å². The first-order valence-corrected chi connectivity index (χ1v) is 25.3. The number of nitrogen functional groups attached to an aromatic ring is 1. The van der Waals surface area contributed by atoms with Crippen molar-refractivity contribution >= 4 is 114 Å². The molecule has 0 spiro atoms. The number of rotatable bonds is 9. The van der Waals surface area contributed by atoms with E-state index in [0.717, 1.165) is 99.7 Å². The molecular formula is C66H45N5OS. The van der Waals surface area contributed by atoms with E-state index < -0.39 is 6.04 Å². The van der Waals surface area contributed by atoms with Gasteiger partial charge >= 0.3 is 0 Å². The summed E-state index contributed by atoms with van der Waals surface area (Å²) in [6, 6.07) is 76.6. The molecule has 346 valence electrons. The molecule has 7 heteroatoms. The number of thiophene rings is 1. The Labute approximate surface area is 424 Å². The maximum Gasteiger partial charge on any atom is 0.135 e. The molecule has 14 aromatic rings. The number of hydrogen-bond acceptors (Lipinski definition) is 4. The molecule has 1 atom stereocenters. The molecule has 0 amide bonds. The van der Waals surface area contributed by atoms with Gasteiger partial charge in [0.05, 0.1) is 45.2 Å². The average Bonchev–Trinajstić information content (AvgIpc) is 4.20. The summed E-state index contributed by atoms with van der Waals surface area (Å²) < 4.78 is 13.6. The number of nitrogens with zero attached hydrogens (tertiary/aromatic N) is 3. The Morgan fingerprint density at radius 3 is 2.04 bits per heavy atom. The average molecular weight is 956 g/mol. The smallest absolute Gasteiger partial charge is 0.135 e. The summed E-state index contributed by atoms with van der Waals surface area (Å²) in [4.78, 5) is 5.35. The fraction of sp³-hybridized carbons (Fsp3) is 0.0152. The topological polar surface area (TPSA) is 73.4 Å². The minimum Gasteiger partial charge on any atom is -0.456 e. The number of aromatic nitrogens is 2. The molecule has 0 saturated heterocycles. The number of nitrogens with one attached hydrogen (secondary N) is 1. The number of para-hydroxylation sites is 3. The Morgan fingerprint density at radius 2 is 1.23 bits per heavy atom. The normalized spacial score (nSPS) is 12.6. The number of fused-ring (bicyclic) bond motifs is 13. The van der Waals surface area contributed by atoms with Crippen LogP contribution in [0.3, 0.4) is 0 Å². The van der Waals surface area contributed by atoms with Crippen molar-refractivity contribution in [2.24, 2.45) is 4.99 Å². The molecule has 6 nitrogen and oxygen atoms in total. The van der Waals surface area contributed by atoms with Gasteiger partial charge in [0, 0.05) is 63.7 Å². The molecule has 73 heavy (non-hydrogen) atoms. The van der Waals surface area contributed by atoms with Crippen molar-refractivity contribution in [1.82, 2.24) is 14.5 Å². The van der Waals surface area contributed by atoms with Crippen LogP contribution in [-0.2, 0) is 0 Å². The van der Waals surface area contributed by atoms with E-state index in [2.05, 4.69) is 210 Å². The quantitative estimate of drug-likeness (QED) is 0.0655. The van der Waals surface area contributed by atoms with Gasteiger partial charge in [-0.25, -0.2) is 4.99 Å². The van der Waals surface area contributed by atoms with E-state index in [4.69, 9.17) is 15.1 Å². The van der Waals surface area contributed by atoms with Crippen LogP contribution in [0.1, 0.15) is 17.2 Å². The van der Waals surface area contributed by atoms with Crippen LogP contribution in [0.15, 0.2) is 253 Å². The highest BCUT2D eigenvalue weighted by Crippen LogP contribution is 2.44. The summed E-state index contributed by atoms with van der Waals surface area (Å²) in [5, 5.41) is 13.1. The molecule has 14 rings (SSSR count). The molecule has 4 aromatic heterocycles. The van der Waals surface area contributed by atoms with Gasteiger partial charge < -0.3 is 24.6 Å². The summed E-state index contributed by atoms with van der Waals surface area (Å²) in [6.07, 6.45) is 1.81. The Morgan fingerprint density at radius 1 is 0.548 bits per heavy atom. The van der Waals surface area contributed by atoms with Crippen LogP contribution in [0.25, 0.3) is 108 Å². The lowest BCUT2D eigenvalue weighted by Crippen LogP contribution is -2.30. The fourth-order valence-corrected chi connectivity index (χ4v) is 12.1. The van der Waals surface area contributed by atoms with Gasteiger partial charge in [0.25, 0.3) is 0 Å². The van der Waals surface area contributed by atoms with Gasteiger partial charge in [0.15, 0.2) is 0 Å². The highest BCUT2D eigenvalue weighted by molar-refractivity contribution is 7.25. The van der Waals surface area contributed by atoms with E-state index in [1.54, 1.807) is 6.08 Å². The molecule has 1 unspecified atom stereocenters. The Hall–Kier alpha value is -9.43. The van der Waals surface area contributed by atoms with E-state index in [0.29, 0.717) is 11.5 Å². The maximum absolute atomic E-state index is 7.39. The summed E-state index contributed by atoms with van der Waals surface area (Å²) in [7, 11) is 0. The third-order valence-corrected chi connectivity index (χ3v) is 15.6. The van der Waals surface area contributed by atoms with Crippen molar-refractivity contribution in [1.29, 1.82) is 0 Å². The van der Waals surface area contributed by atoms with E-state index in [-0.39, 0.29) is 0 Å². The van der Waals surface area contributed by atoms with Crippen molar-refractivity contribution in [2.45, 2.75) is 6.04 Å². The second-order valence-electron chi connectivity index (χ2n) is 18.7. The van der Waals surface area contributed by atoms with Crippen molar-refractivity contribution in [3.05, 3.63) is 254 Å². The minimum atomic E-state index is -0.430. The van der Waals surface area contributed by atoms with Crippen molar-refractivity contribution in [2.75, 3.05) is 5.73 Å². The number of hydrogen-bond donors (Lipinski definition) is 2. The predicted molar refractivity (Wildman–Crippen MR) is 309 cm³/mol. The molecule has 3 N–H and O–H groups in total. The summed E-state index contributed by atoms with van der Waals surface area (Å²) in [5.74, 6) is 0.676. The molecule has 0 aliphatic carbocycles. The third-order valence-electron chi connectivity index (χ3n) is 14.5.